The fourth-order valence-electron chi connectivity index (χ4n) is 2.25. The van der Waals surface area contributed by atoms with Crippen LogP contribution in [-0.4, -0.2) is 59.7 Å². The fourth-order valence-corrected chi connectivity index (χ4v) is 3.16. The first-order chi connectivity index (χ1) is 10.6. The van der Waals surface area contributed by atoms with Gasteiger partial charge in [0, 0.05) is 50.2 Å². The summed E-state index contributed by atoms with van der Waals surface area (Å²) in [5.74, 6) is -0.835. The molecule has 0 aliphatic carbocycles. The minimum absolute atomic E-state index is 0.0812. The molecule has 1 aromatic rings. The summed E-state index contributed by atoms with van der Waals surface area (Å²) in [5.41, 5.74) is 0. The Morgan fingerprint density at radius 3 is 2.68 bits per heavy atom. The maximum atomic E-state index is 12.0. The fraction of sp³-hybridized carbons (Fsp3) is 0.643. The second-order valence-corrected chi connectivity index (χ2v) is 6.26. The molecule has 2 N–H and O–H groups in total. The molecule has 0 atom stereocenters. The van der Waals surface area contributed by atoms with E-state index in [1.807, 2.05) is 6.20 Å². The van der Waals surface area contributed by atoms with Gasteiger partial charge >= 0.3 is 12.0 Å². The third-order valence-electron chi connectivity index (χ3n) is 3.57. The summed E-state index contributed by atoms with van der Waals surface area (Å²) in [4.78, 5) is 32.1. The first-order valence-corrected chi connectivity index (χ1v) is 8.36. The lowest BCUT2D eigenvalue weighted by molar-refractivity contribution is -0.137. The topological polar surface area (TPSA) is 85.8 Å². The minimum Gasteiger partial charge on any atom is -0.481 e. The molecule has 7 nitrogen and oxygen atoms in total. The molecule has 1 fully saturated rings. The Kier molecular flexibility index (Phi) is 6.00. The van der Waals surface area contributed by atoms with Gasteiger partial charge in [-0.05, 0) is 12.8 Å². The van der Waals surface area contributed by atoms with Crippen molar-refractivity contribution >= 4 is 28.5 Å². The zero-order valence-corrected chi connectivity index (χ0v) is 13.6. The van der Waals surface area contributed by atoms with Crippen molar-refractivity contribution in [3.8, 4) is 0 Å². The zero-order valence-electron chi connectivity index (χ0n) is 12.7. The summed E-state index contributed by atoms with van der Waals surface area (Å²) in [7, 11) is 0. The molecule has 1 saturated heterocycles. The maximum Gasteiger partial charge on any atom is 0.317 e. The van der Waals surface area contributed by atoms with E-state index in [2.05, 4.69) is 22.1 Å². The van der Waals surface area contributed by atoms with Gasteiger partial charge in [-0.25, -0.2) is 9.78 Å². The lowest BCUT2D eigenvalue weighted by Crippen LogP contribution is -2.52. The molecule has 122 valence electrons. The average Bonchev–Trinajstić information content (AvgIpc) is 3.00. The van der Waals surface area contributed by atoms with Gasteiger partial charge in [-0.3, -0.25) is 4.79 Å². The van der Waals surface area contributed by atoms with E-state index in [0.29, 0.717) is 26.1 Å². The van der Waals surface area contributed by atoms with Crippen LogP contribution >= 0.6 is 11.3 Å². The Balaban J connectivity index is 1.72. The van der Waals surface area contributed by atoms with E-state index < -0.39 is 5.97 Å². The van der Waals surface area contributed by atoms with Crippen LogP contribution in [0.25, 0.3) is 0 Å². The smallest absolute Gasteiger partial charge is 0.317 e. The number of hydrogen-bond donors (Lipinski definition) is 2. The van der Waals surface area contributed by atoms with E-state index in [0.717, 1.165) is 24.6 Å². The van der Waals surface area contributed by atoms with Gasteiger partial charge in [0.2, 0.25) is 0 Å². The van der Waals surface area contributed by atoms with Gasteiger partial charge in [-0.15, -0.1) is 11.3 Å². The van der Waals surface area contributed by atoms with Crippen molar-refractivity contribution in [1.82, 2.24) is 15.2 Å². The number of aliphatic carboxylic acids is 1. The number of nitrogens with zero attached hydrogens (tertiary/aromatic N) is 3. The molecule has 1 aliphatic rings. The quantitative estimate of drug-likeness (QED) is 0.772. The normalized spacial score (nSPS) is 15.0. The Morgan fingerprint density at radius 2 is 2.09 bits per heavy atom. The van der Waals surface area contributed by atoms with Crippen molar-refractivity contribution in [3.63, 3.8) is 0 Å². The van der Waals surface area contributed by atoms with Crippen LogP contribution in [0.1, 0.15) is 24.6 Å². The zero-order chi connectivity index (χ0) is 15.9. The predicted octanol–water partition coefficient (Wildman–Crippen LogP) is 1.40. The van der Waals surface area contributed by atoms with Crippen molar-refractivity contribution in [2.24, 2.45) is 0 Å². The average molecular weight is 326 g/mol. The first-order valence-electron chi connectivity index (χ1n) is 7.54. The minimum atomic E-state index is -0.835. The number of urea groups is 1. The molecule has 2 rings (SSSR count). The van der Waals surface area contributed by atoms with Crippen LogP contribution in [-0.2, 0) is 11.2 Å². The largest absolute Gasteiger partial charge is 0.481 e. The number of nitrogens with one attached hydrogen (secondary N) is 1. The Bertz CT molecular complexity index is 512. The number of carbonyl (C=O) groups excluding carboxylic acids is 1. The van der Waals surface area contributed by atoms with Crippen LogP contribution in [0.4, 0.5) is 9.93 Å². The summed E-state index contributed by atoms with van der Waals surface area (Å²) in [5, 5.41) is 12.3. The van der Waals surface area contributed by atoms with Crippen molar-refractivity contribution in [2.75, 3.05) is 37.6 Å². The van der Waals surface area contributed by atoms with Crippen LogP contribution in [0.2, 0.25) is 0 Å². The van der Waals surface area contributed by atoms with Crippen molar-refractivity contribution in [1.29, 1.82) is 0 Å². The van der Waals surface area contributed by atoms with E-state index in [1.54, 1.807) is 16.2 Å². The molecule has 1 aliphatic heterocycles. The van der Waals surface area contributed by atoms with Crippen molar-refractivity contribution in [3.05, 3.63) is 11.1 Å². The number of anilines is 1. The van der Waals surface area contributed by atoms with Crippen LogP contribution in [0.5, 0.6) is 0 Å². The Hall–Kier alpha value is -1.83. The van der Waals surface area contributed by atoms with Crippen molar-refractivity contribution < 1.29 is 14.7 Å². The molecule has 8 heteroatoms. The third-order valence-corrected chi connectivity index (χ3v) is 4.77. The lowest BCUT2D eigenvalue weighted by Gasteiger charge is -2.34. The number of carbonyl (C=O) groups is 2. The maximum absolute atomic E-state index is 12.0. The summed E-state index contributed by atoms with van der Waals surface area (Å²) in [6.45, 7) is 5.39. The van der Waals surface area contributed by atoms with Gasteiger partial charge in [-0.1, -0.05) is 6.92 Å². The molecule has 0 radical (unpaired) electrons. The van der Waals surface area contributed by atoms with Crippen molar-refractivity contribution in [2.45, 2.75) is 26.2 Å². The number of carboxylic acids is 1. The third kappa shape index (κ3) is 4.59. The first kappa shape index (κ1) is 16.5. The Labute approximate surface area is 133 Å². The van der Waals surface area contributed by atoms with Gasteiger partial charge in [0.1, 0.15) is 0 Å². The Morgan fingerprint density at radius 1 is 1.36 bits per heavy atom. The summed E-state index contributed by atoms with van der Waals surface area (Å²) in [6.07, 6.45) is 3.45. The van der Waals surface area contributed by atoms with Gasteiger partial charge in [0.15, 0.2) is 5.13 Å². The van der Waals surface area contributed by atoms with E-state index >= 15 is 0 Å². The number of rotatable bonds is 6. The molecule has 2 amide bonds. The number of thiazole rings is 1. The predicted molar refractivity (Wildman–Crippen MR) is 85.5 cm³/mol. The molecule has 1 aromatic heterocycles. The van der Waals surface area contributed by atoms with Gasteiger partial charge in [0.25, 0.3) is 0 Å². The molecule has 0 saturated carbocycles. The molecular weight excluding hydrogens is 304 g/mol. The highest BCUT2D eigenvalue weighted by molar-refractivity contribution is 7.15. The van der Waals surface area contributed by atoms with Gasteiger partial charge < -0.3 is 20.2 Å². The highest BCUT2D eigenvalue weighted by Gasteiger charge is 2.22. The highest BCUT2D eigenvalue weighted by atomic mass is 32.1. The standard InChI is InChI=1S/C14H22N4O3S/c1-2-11-10-16-14(22-11)18-8-6-17(7-9-18)13(21)15-5-3-4-12(19)20/h10H,2-9H2,1H3,(H,15,21)(H,19,20). The summed E-state index contributed by atoms with van der Waals surface area (Å²) >= 11 is 1.71. The molecule has 0 unspecified atom stereocenters. The second kappa shape index (κ2) is 7.98. The molecule has 0 aromatic carbocycles. The van der Waals surface area contributed by atoms with Crippen LogP contribution in [0.3, 0.4) is 0 Å². The molecule has 0 spiro atoms. The van der Waals surface area contributed by atoms with Crippen LogP contribution < -0.4 is 10.2 Å². The SMILES string of the molecule is CCc1cnc(N2CCN(C(=O)NCCCC(=O)O)CC2)s1. The molecule has 2 heterocycles. The lowest BCUT2D eigenvalue weighted by atomic mass is 10.3. The van der Waals surface area contributed by atoms with Gasteiger partial charge in [0.05, 0.1) is 0 Å². The number of hydrogen-bond acceptors (Lipinski definition) is 5. The molecule has 22 heavy (non-hydrogen) atoms. The number of piperazine rings is 1. The number of amides is 2. The van der Waals surface area contributed by atoms with Crippen LogP contribution in [0, 0.1) is 0 Å². The van der Waals surface area contributed by atoms with Crippen LogP contribution in [0.15, 0.2) is 6.20 Å². The number of aromatic nitrogens is 1. The highest BCUT2D eigenvalue weighted by Crippen LogP contribution is 2.23. The van der Waals surface area contributed by atoms with E-state index in [9.17, 15) is 9.59 Å². The number of aryl methyl sites for hydroxylation is 1. The van der Waals surface area contributed by atoms with E-state index in [1.165, 1.54) is 4.88 Å². The van der Waals surface area contributed by atoms with Gasteiger partial charge in [-0.2, -0.15) is 0 Å². The summed E-state index contributed by atoms with van der Waals surface area (Å²) in [6, 6.07) is -0.113. The molecule has 0 bridgehead atoms. The van der Waals surface area contributed by atoms with E-state index in [4.69, 9.17) is 5.11 Å². The van der Waals surface area contributed by atoms with E-state index in [-0.39, 0.29) is 12.5 Å². The monoisotopic (exact) mass is 326 g/mol. The summed E-state index contributed by atoms with van der Waals surface area (Å²) < 4.78 is 0. The second-order valence-electron chi connectivity index (χ2n) is 5.17. The molecular formula is C14H22N4O3S. The number of carboxylic acid groups (broad SMARTS) is 1.